The third-order valence-corrected chi connectivity index (χ3v) is 8.79. The second-order valence-electron chi connectivity index (χ2n) is 10.4. The molecule has 27 heavy (non-hydrogen) atoms. The van der Waals surface area contributed by atoms with Gasteiger partial charge in [0.2, 0.25) is 0 Å². The summed E-state index contributed by atoms with van der Waals surface area (Å²) in [4.78, 5) is 11.3. The van der Waals surface area contributed by atoms with Gasteiger partial charge in [-0.1, -0.05) is 0 Å². The molecular formula is C24H36O3. The fraction of sp³-hybridized carbons (Fsp3) is 0.875. The van der Waals surface area contributed by atoms with Crippen LogP contribution in [0.3, 0.4) is 0 Å². The van der Waals surface area contributed by atoms with Gasteiger partial charge in [-0.25, -0.2) is 0 Å². The van der Waals surface area contributed by atoms with Gasteiger partial charge >= 0.3 is 5.97 Å². The maximum atomic E-state index is 11.3. The van der Waals surface area contributed by atoms with Crippen molar-refractivity contribution >= 4 is 5.97 Å². The van der Waals surface area contributed by atoms with Crippen molar-refractivity contribution in [2.45, 2.75) is 83.7 Å². The lowest BCUT2D eigenvalue weighted by Gasteiger charge is -2.52. The van der Waals surface area contributed by atoms with Crippen molar-refractivity contribution in [2.24, 2.45) is 41.4 Å². The standard InChI is InChI=1S/C24H36O3/c1-14(25)27-22-6-5-17-12-19(4-3-18(17)13-22)24(26-2)23-20-8-15-7-16(10-20)11-21(23)9-15/h15-22H,3-13H2,1-2H3. The summed E-state index contributed by atoms with van der Waals surface area (Å²) in [5, 5.41) is 0. The summed E-state index contributed by atoms with van der Waals surface area (Å²) < 4.78 is 11.7. The van der Waals surface area contributed by atoms with Gasteiger partial charge in [-0.2, -0.15) is 0 Å². The molecule has 4 unspecified atom stereocenters. The van der Waals surface area contributed by atoms with Gasteiger partial charge in [0.05, 0.1) is 12.9 Å². The number of allylic oxidation sites excluding steroid dienone is 2. The van der Waals surface area contributed by atoms with Gasteiger partial charge in [-0.3, -0.25) is 4.79 Å². The second-order valence-corrected chi connectivity index (χ2v) is 10.4. The van der Waals surface area contributed by atoms with Crippen LogP contribution >= 0.6 is 0 Å². The fourth-order valence-electron chi connectivity index (χ4n) is 8.04. The Labute approximate surface area is 164 Å². The zero-order valence-electron chi connectivity index (χ0n) is 17.1. The van der Waals surface area contributed by atoms with E-state index in [1.807, 2.05) is 7.11 Å². The summed E-state index contributed by atoms with van der Waals surface area (Å²) in [5.74, 6) is 7.23. The van der Waals surface area contributed by atoms with Gasteiger partial charge in [0.25, 0.3) is 0 Å². The predicted octanol–water partition coefficient (Wildman–Crippen LogP) is 5.49. The molecule has 0 saturated heterocycles. The smallest absolute Gasteiger partial charge is 0.302 e. The molecule has 0 heterocycles. The van der Waals surface area contributed by atoms with Crippen molar-refractivity contribution in [3.05, 3.63) is 11.3 Å². The van der Waals surface area contributed by atoms with Crippen LogP contribution in [-0.4, -0.2) is 19.2 Å². The van der Waals surface area contributed by atoms with Gasteiger partial charge in [0, 0.05) is 12.8 Å². The Kier molecular flexibility index (Phi) is 4.76. The fourth-order valence-corrected chi connectivity index (χ4v) is 8.04. The Morgan fingerprint density at radius 1 is 0.815 bits per heavy atom. The van der Waals surface area contributed by atoms with Crippen LogP contribution in [0.1, 0.15) is 77.6 Å². The van der Waals surface area contributed by atoms with Crippen LogP contribution in [-0.2, 0) is 14.3 Å². The molecule has 6 fully saturated rings. The summed E-state index contributed by atoms with van der Waals surface area (Å²) in [6.07, 6.45) is 14.7. The first-order chi connectivity index (χ1) is 13.1. The highest BCUT2D eigenvalue weighted by Crippen LogP contribution is 2.58. The van der Waals surface area contributed by atoms with Crippen molar-refractivity contribution < 1.29 is 14.3 Å². The van der Waals surface area contributed by atoms with Gasteiger partial charge in [0.15, 0.2) is 0 Å². The molecule has 0 aromatic heterocycles. The molecule has 0 spiro atoms. The number of carbonyl (C=O) groups is 1. The number of ether oxygens (including phenoxy) is 2. The second kappa shape index (κ2) is 7.12. The normalized spacial score (nSPS) is 45.3. The van der Waals surface area contributed by atoms with Crippen LogP contribution in [0.15, 0.2) is 11.3 Å². The number of hydrogen-bond donors (Lipinski definition) is 0. The van der Waals surface area contributed by atoms with E-state index in [0.717, 1.165) is 48.3 Å². The quantitative estimate of drug-likeness (QED) is 0.485. The van der Waals surface area contributed by atoms with E-state index in [9.17, 15) is 4.79 Å². The van der Waals surface area contributed by atoms with E-state index >= 15 is 0 Å². The molecular weight excluding hydrogens is 336 g/mol. The van der Waals surface area contributed by atoms with Crippen LogP contribution in [0, 0.1) is 41.4 Å². The molecule has 4 atom stereocenters. The average molecular weight is 373 g/mol. The Morgan fingerprint density at radius 3 is 2.07 bits per heavy atom. The molecule has 6 aliphatic rings. The van der Waals surface area contributed by atoms with Crippen molar-refractivity contribution in [1.29, 1.82) is 0 Å². The average Bonchev–Trinajstić information content (AvgIpc) is 2.63. The minimum absolute atomic E-state index is 0.111. The third kappa shape index (κ3) is 3.34. The Balaban J connectivity index is 1.30. The van der Waals surface area contributed by atoms with Crippen molar-refractivity contribution in [1.82, 2.24) is 0 Å². The minimum Gasteiger partial charge on any atom is -0.501 e. The summed E-state index contributed by atoms with van der Waals surface area (Å²) in [6, 6.07) is 0. The number of rotatable bonds is 3. The van der Waals surface area contributed by atoms with E-state index in [4.69, 9.17) is 9.47 Å². The van der Waals surface area contributed by atoms with Gasteiger partial charge in [-0.05, 0) is 112 Å². The third-order valence-electron chi connectivity index (χ3n) is 8.79. The Morgan fingerprint density at radius 2 is 1.44 bits per heavy atom. The molecule has 0 N–H and O–H groups in total. The first kappa shape index (κ1) is 18.1. The van der Waals surface area contributed by atoms with Gasteiger partial charge < -0.3 is 9.47 Å². The molecule has 0 aromatic rings. The number of carbonyl (C=O) groups excluding carboxylic acids is 1. The van der Waals surface area contributed by atoms with E-state index in [-0.39, 0.29) is 12.1 Å². The molecule has 0 amide bonds. The number of fused-ring (bicyclic) bond motifs is 1. The molecule has 150 valence electrons. The molecule has 3 heteroatoms. The maximum Gasteiger partial charge on any atom is 0.302 e. The Hall–Kier alpha value is -0.990. The van der Waals surface area contributed by atoms with Crippen LogP contribution in [0.25, 0.3) is 0 Å². The molecule has 0 aromatic carbocycles. The molecule has 0 radical (unpaired) electrons. The molecule has 6 rings (SSSR count). The van der Waals surface area contributed by atoms with Gasteiger partial charge in [0.1, 0.15) is 6.10 Å². The summed E-state index contributed by atoms with van der Waals surface area (Å²) in [5.41, 5.74) is 1.77. The van der Waals surface area contributed by atoms with E-state index in [1.54, 1.807) is 12.5 Å². The van der Waals surface area contributed by atoms with Crippen LogP contribution in [0.5, 0.6) is 0 Å². The summed E-state index contributed by atoms with van der Waals surface area (Å²) in [7, 11) is 1.94. The number of hydrogen-bond acceptors (Lipinski definition) is 3. The zero-order valence-corrected chi connectivity index (χ0v) is 17.1. The molecule has 0 aliphatic heterocycles. The van der Waals surface area contributed by atoms with Crippen molar-refractivity contribution in [3.8, 4) is 0 Å². The maximum absolute atomic E-state index is 11.3. The lowest BCUT2D eigenvalue weighted by molar-refractivity contribution is -0.149. The van der Waals surface area contributed by atoms with E-state index in [1.165, 1.54) is 63.5 Å². The lowest BCUT2D eigenvalue weighted by atomic mass is 9.53. The van der Waals surface area contributed by atoms with Crippen LogP contribution in [0.4, 0.5) is 0 Å². The largest absolute Gasteiger partial charge is 0.501 e. The van der Waals surface area contributed by atoms with E-state index in [0.29, 0.717) is 5.92 Å². The first-order valence-corrected chi connectivity index (χ1v) is 11.6. The molecule has 6 aliphatic carbocycles. The molecule has 4 bridgehead atoms. The highest BCUT2D eigenvalue weighted by molar-refractivity contribution is 5.66. The van der Waals surface area contributed by atoms with Gasteiger partial charge in [-0.15, -0.1) is 0 Å². The molecule has 3 nitrogen and oxygen atoms in total. The number of methoxy groups -OCH3 is 1. The molecule has 6 saturated carbocycles. The van der Waals surface area contributed by atoms with E-state index < -0.39 is 0 Å². The predicted molar refractivity (Wildman–Crippen MR) is 105 cm³/mol. The first-order valence-electron chi connectivity index (χ1n) is 11.6. The van der Waals surface area contributed by atoms with Crippen molar-refractivity contribution in [3.63, 3.8) is 0 Å². The lowest BCUT2D eigenvalue weighted by Crippen LogP contribution is -2.42. The topological polar surface area (TPSA) is 35.5 Å². The minimum atomic E-state index is -0.111. The highest BCUT2D eigenvalue weighted by atomic mass is 16.5. The van der Waals surface area contributed by atoms with Crippen LogP contribution < -0.4 is 0 Å². The zero-order chi connectivity index (χ0) is 18.5. The number of esters is 1. The van der Waals surface area contributed by atoms with E-state index in [2.05, 4.69) is 0 Å². The SMILES string of the molecule is COC(=C1C2CC3CC(C2)CC1C3)C1CCC2CC(OC(C)=O)CCC2C1. The van der Waals surface area contributed by atoms with Crippen LogP contribution in [0.2, 0.25) is 0 Å². The highest BCUT2D eigenvalue weighted by Gasteiger charge is 2.48. The van der Waals surface area contributed by atoms with Crippen molar-refractivity contribution in [2.75, 3.05) is 7.11 Å². The monoisotopic (exact) mass is 372 g/mol. The summed E-state index contributed by atoms with van der Waals surface area (Å²) >= 11 is 0. The summed E-state index contributed by atoms with van der Waals surface area (Å²) in [6.45, 7) is 1.55. The Bertz CT molecular complexity index is 591.